The molecule has 0 N–H and O–H groups in total. The van der Waals surface area contributed by atoms with E-state index in [1.54, 1.807) is 0 Å². The third-order valence-electron chi connectivity index (χ3n) is 3.70. The van der Waals surface area contributed by atoms with E-state index in [4.69, 9.17) is 9.47 Å². The number of carbonyl (C=O) groups is 2. The van der Waals surface area contributed by atoms with E-state index < -0.39 is 11.9 Å². The van der Waals surface area contributed by atoms with Crippen LogP contribution < -0.4 is 0 Å². The normalized spacial score (nSPS) is 11.4. The highest BCUT2D eigenvalue weighted by Gasteiger charge is 2.02. The number of hydrogen-bond donors (Lipinski definition) is 0. The van der Waals surface area contributed by atoms with Crippen LogP contribution in [0.2, 0.25) is 0 Å². The Bertz CT molecular complexity index is 325. The smallest absolute Gasteiger partial charge is 0.331 e. The lowest BCUT2D eigenvalue weighted by molar-refractivity contribution is -0.140. The molecule has 0 amide bonds. The molecule has 0 fully saturated rings. The van der Waals surface area contributed by atoms with E-state index in [0.717, 1.165) is 62.5 Å². The first kappa shape index (κ1) is 22.7. The van der Waals surface area contributed by atoms with Crippen molar-refractivity contribution in [1.29, 1.82) is 0 Å². The highest BCUT2D eigenvalue weighted by atomic mass is 16.5. The van der Waals surface area contributed by atoms with Gasteiger partial charge in [0.2, 0.25) is 0 Å². The van der Waals surface area contributed by atoms with Gasteiger partial charge in [-0.15, -0.1) is 0 Å². The Morgan fingerprint density at radius 1 is 0.667 bits per heavy atom. The molecule has 0 spiro atoms. The zero-order valence-corrected chi connectivity index (χ0v) is 16.0. The van der Waals surface area contributed by atoms with Gasteiger partial charge in [0.05, 0.1) is 13.2 Å². The SMILES string of the molecule is CC(C)CCCCCOC(=O)/C=C/C(=O)OCCCCCC(C)C. The van der Waals surface area contributed by atoms with Gasteiger partial charge in [-0.3, -0.25) is 0 Å². The maximum Gasteiger partial charge on any atom is 0.331 e. The average molecular weight is 341 g/mol. The molecule has 0 saturated heterocycles. The summed E-state index contributed by atoms with van der Waals surface area (Å²) in [6, 6.07) is 0. The van der Waals surface area contributed by atoms with E-state index in [-0.39, 0.29) is 0 Å². The Kier molecular flexibility index (Phi) is 14.4. The first-order chi connectivity index (χ1) is 11.4. The molecule has 0 aliphatic heterocycles. The monoisotopic (exact) mass is 340 g/mol. The fourth-order valence-electron chi connectivity index (χ4n) is 2.24. The van der Waals surface area contributed by atoms with Gasteiger partial charge in [-0.1, -0.05) is 66.2 Å². The molecule has 0 aliphatic rings. The van der Waals surface area contributed by atoms with Crippen LogP contribution >= 0.6 is 0 Å². The first-order valence-corrected chi connectivity index (χ1v) is 9.43. The van der Waals surface area contributed by atoms with Gasteiger partial charge in [-0.05, 0) is 24.7 Å². The van der Waals surface area contributed by atoms with E-state index in [9.17, 15) is 9.59 Å². The standard InChI is InChI=1S/C20H36O4/c1-17(2)11-7-5-9-15-23-19(21)13-14-20(22)24-16-10-6-8-12-18(3)4/h13-14,17-18H,5-12,15-16H2,1-4H3/b14-13+. The molecule has 0 saturated carbocycles. The summed E-state index contributed by atoms with van der Waals surface area (Å²) < 4.78 is 10.1. The van der Waals surface area contributed by atoms with Crippen molar-refractivity contribution in [3.63, 3.8) is 0 Å². The van der Waals surface area contributed by atoms with E-state index in [0.29, 0.717) is 13.2 Å². The number of rotatable bonds is 14. The van der Waals surface area contributed by atoms with Crippen molar-refractivity contribution in [3.8, 4) is 0 Å². The Hall–Kier alpha value is -1.32. The van der Waals surface area contributed by atoms with Gasteiger partial charge in [0.25, 0.3) is 0 Å². The number of ether oxygens (including phenoxy) is 2. The van der Waals surface area contributed by atoms with Crippen LogP contribution in [-0.2, 0) is 19.1 Å². The summed E-state index contributed by atoms with van der Waals surface area (Å²) >= 11 is 0. The topological polar surface area (TPSA) is 52.6 Å². The predicted molar refractivity (Wildman–Crippen MR) is 97.7 cm³/mol. The quantitative estimate of drug-likeness (QED) is 0.252. The molecule has 4 nitrogen and oxygen atoms in total. The van der Waals surface area contributed by atoms with Crippen LogP contribution in [0.25, 0.3) is 0 Å². The predicted octanol–water partition coefficient (Wildman–Crippen LogP) is 5.06. The number of unbranched alkanes of at least 4 members (excludes halogenated alkanes) is 4. The molecule has 0 aromatic heterocycles. The maximum atomic E-state index is 11.5. The average Bonchev–Trinajstić information content (AvgIpc) is 2.51. The summed E-state index contributed by atoms with van der Waals surface area (Å²) in [7, 11) is 0. The number of esters is 2. The van der Waals surface area contributed by atoms with E-state index >= 15 is 0 Å². The second kappa shape index (κ2) is 15.2. The lowest BCUT2D eigenvalue weighted by Gasteiger charge is -2.05. The van der Waals surface area contributed by atoms with Gasteiger partial charge in [-0.2, -0.15) is 0 Å². The van der Waals surface area contributed by atoms with Crippen LogP contribution in [0, 0.1) is 11.8 Å². The van der Waals surface area contributed by atoms with Crippen LogP contribution in [0.3, 0.4) is 0 Å². The van der Waals surface area contributed by atoms with Crippen molar-refractivity contribution >= 4 is 11.9 Å². The molecule has 24 heavy (non-hydrogen) atoms. The summed E-state index contributed by atoms with van der Waals surface area (Å²) in [4.78, 5) is 22.9. The Morgan fingerprint density at radius 2 is 1.04 bits per heavy atom. The van der Waals surface area contributed by atoms with Crippen molar-refractivity contribution < 1.29 is 19.1 Å². The summed E-state index contributed by atoms with van der Waals surface area (Å²) in [6.45, 7) is 9.63. The number of hydrogen-bond acceptors (Lipinski definition) is 4. The van der Waals surface area contributed by atoms with E-state index in [1.165, 1.54) is 12.8 Å². The molecule has 0 radical (unpaired) electrons. The highest BCUT2D eigenvalue weighted by Crippen LogP contribution is 2.08. The lowest BCUT2D eigenvalue weighted by Crippen LogP contribution is -2.06. The van der Waals surface area contributed by atoms with Gasteiger partial charge < -0.3 is 9.47 Å². The van der Waals surface area contributed by atoms with Crippen molar-refractivity contribution in [2.24, 2.45) is 11.8 Å². The molecule has 0 aliphatic carbocycles. The van der Waals surface area contributed by atoms with Crippen molar-refractivity contribution in [2.45, 2.75) is 79.1 Å². The van der Waals surface area contributed by atoms with Crippen molar-refractivity contribution in [3.05, 3.63) is 12.2 Å². The highest BCUT2D eigenvalue weighted by molar-refractivity contribution is 5.91. The molecule has 0 unspecified atom stereocenters. The van der Waals surface area contributed by atoms with Crippen molar-refractivity contribution in [1.82, 2.24) is 0 Å². The Morgan fingerprint density at radius 3 is 1.38 bits per heavy atom. The molecular formula is C20H36O4. The maximum absolute atomic E-state index is 11.5. The molecule has 4 heteroatoms. The van der Waals surface area contributed by atoms with Gasteiger partial charge in [-0.25, -0.2) is 9.59 Å². The third-order valence-corrected chi connectivity index (χ3v) is 3.70. The van der Waals surface area contributed by atoms with Crippen LogP contribution in [-0.4, -0.2) is 25.2 Å². The van der Waals surface area contributed by atoms with Crippen molar-refractivity contribution in [2.75, 3.05) is 13.2 Å². The summed E-state index contributed by atoms with van der Waals surface area (Å²) in [5, 5.41) is 0. The largest absolute Gasteiger partial charge is 0.463 e. The van der Waals surface area contributed by atoms with E-state index in [1.807, 2.05) is 0 Å². The van der Waals surface area contributed by atoms with Gasteiger partial charge in [0, 0.05) is 12.2 Å². The van der Waals surface area contributed by atoms with Crippen LogP contribution in [0.4, 0.5) is 0 Å². The second-order valence-corrected chi connectivity index (χ2v) is 7.15. The van der Waals surface area contributed by atoms with Crippen LogP contribution in [0.5, 0.6) is 0 Å². The molecule has 0 aromatic rings. The molecule has 0 heterocycles. The minimum absolute atomic E-state index is 0.409. The zero-order chi connectivity index (χ0) is 18.2. The first-order valence-electron chi connectivity index (χ1n) is 9.43. The number of carbonyl (C=O) groups excluding carboxylic acids is 2. The molecule has 0 aromatic carbocycles. The van der Waals surface area contributed by atoms with E-state index in [2.05, 4.69) is 27.7 Å². The summed E-state index contributed by atoms with van der Waals surface area (Å²) in [5.41, 5.74) is 0. The molecule has 0 atom stereocenters. The third kappa shape index (κ3) is 17.0. The zero-order valence-electron chi connectivity index (χ0n) is 16.0. The van der Waals surface area contributed by atoms with Crippen LogP contribution in [0.15, 0.2) is 12.2 Å². The summed E-state index contributed by atoms with van der Waals surface area (Å²) in [6.07, 6.45) is 10.9. The molecule has 140 valence electrons. The van der Waals surface area contributed by atoms with Gasteiger partial charge in [0.1, 0.15) is 0 Å². The molecule has 0 bridgehead atoms. The fourth-order valence-corrected chi connectivity index (χ4v) is 2.24. The van der Waals surface area contributed by atoms with Gasteiger partial charge in [0.15, 0.2) is 0 Å². The Labute approximate surface area is 148 Å². The van der Waals surface area contributed by atoms with Crippen LogP contribution in [0.1, 0.15) is 79.1 Å². The second-order valence-electron chi connectivity index (χ2n) is 7.15. The lowest BCUT2D eigenvalue weighted by atomic mass is 10.1. The minimum Gasteiger partial charge on any atom is -0.463 e. The minimum atomic E-state index is -0.479. The fraction of sp³-hybridized carbons (Fsp3) is 0.800. The van der Waals surface area contributed by atoms with Gasteiger partial charge >= 0.3 is 11.9 Å². The molecular weight excluding hydrogens is 304 g/mol. The summed E-state index contributed by atoms with van der Waals surface area (Å²) in [5.74, 6) is 0.480. The molecule has 0 rings (SSSR count). The Balaban J connectivity index is 3.54.